The van der Waals surface area contributed by atoms with Crippen LogP contribution in [0.3, 0.4) is 0 Å². The van der Waals surface area contributed by atoms with Crippen LogP contribution in [0, 0.1) is 5.92 Å². The molecule has 0 aromatic heterocycles. The lowest BCUT2D eigenvalue weighted by molar-refractivity contribution is -0.120. The summed E-state index contributed by atoms with van der Waals surface area (Å²) in [7, 11) is 3.28. The zero-order valence-electron chi connectivity index (χ0n) is 12.7. The van der Waals surface area contributed by atoms with Crippen molar-refractivity contribution in [1.29, 1.82) is 0 Å². The van der Waals surface area contributed by atoms with Gasteiger partial charge >= 0.3 is 0 Å². The van der Waals surface area contributed by atoms with Crippen molar-refractivity contribution in [2.45, 2.75) is 18.9 Å². The molecule has 116 valence electrons. The van der Waals surface area contributed by atoms with Crippen molar-refractivity contribution in [2.24, 2.45) is 5.92 Å². The van der Waals surface area contributed by atoms with Crippen LogP contribution in [-0.4, -0.2) is 39.8 Å². The fourth-order valence-corrected chi connectivity index (χ4v) is 2.36. The number of rotatable bonds is 9. The van der Waals surface area contributed by atoms with Gasteiger partial charge in [0, 0.05) is 19.7 Å². The summed E-state index contributed by atoms with van der Waals surface area (Å²) in [6.07, 6.45) is 2.43. The molecule has 1 aliphatic rings. The van der Waals surface area contributed by atoms with Crippen LogP contribution in [0.4, 0.5) is 0 Å². The van der Waals surface area contributed by atoms with Gasteiger partial charge in [0.1, 0.15) is 5.75 Å². The minimum atomic E-state index is 0.00575. The number of methoxy groups -OCH3 is 2. The molecule has 1 aliphatic carbocycles. The van der Waals surface area contributed by atoms with E-state index in [0.29, 0.717) is 25.6 Å². The van der Waals surface area contributed by atoms with E-state index in [1.165, 1.54) is 18.4 Å². The standard InChI is InChI=1S/C16H24N2O3/c1-20-10-9-17-15(19)11-18-16(12-3-4-12)13-5-7-14(21-2)8-6-13/h5-8,12,16,18H,3-4,9-11H2,1-2H3,(H,17,19). The second-order valence-electron chi connectivity index (χ2n) is 5.31. The molecule has 0 spiro atoms. The summed E-state index contributed by atoms with van der Waals surface area (Å²) in [5.74, 6) is 1.49. The maximum atomic E-state index is 11.7. The Morgan fingerprint density at radius 3 is 2.57 bits per heavy atom. The number of amides is 1. The zero-order valence-corrected chi connectivity index (χ0v) is 12.7. The molecule has 5 nitrogen and oxygen atoms in total. The van der Waals surface area contributed by atoms with Crippen molar-refractivity contribution in [3.63, 3.8) is 0 Å². The molecule has 2 rings (SSSR count). The van der Waals surface area contributed by atoms with Gasteiger partial charge in [0.15, 0.2) is 0 Å². The van der Waals surface area contributed by atoms with Gasteiger partial charge in [-0.15, -0.1) is 0 Å². The van der Waals surface area contributed by atoms with Crippen LogP contribution < -0.4 is 15.4 Å². The number of hydrogen-bond donors (Lipinski definition) is 2. The van der Waals surface area contributed by atoms with Crippen molar-refractivity contribution in [1.82, 2.24) is 10.6 Å². The van der Waals surface area contributed by atoms with Crippen molar-refractivity contribution in [3.8, 4) is 5.75 Å². The number of nitrogens with one attached hydrogen (secondary N) is 2. The Morgan fingerprint density at radius 1 is 1.29 bits per heavy atom. The fourth-order valence-electron chi connectivity index (χ4n) is 2.36. The van der Waals surface area contributed by atoms with E-state index >= 15 is 0 Å². The Balaban J connectivity index is 1.85. The van der Waals surface area contributed by atoms with Gasteiger partial charge < -0.3 is 20.1 Å². The topological polar surface area (TPSA) is 59.6 Å². The van der Waals surface area contributed by atoms with Crippen LogP contribution in [-0.2, 0) is 9.53 Å². The highest BCUT2D eigenvalue weighted by Gasteiger charge is 2.32. The average Bonchev–Trinajstić information content (AvgIpc) is 3.33. The van der Waals surface area contributed by atoms with Crippen LogP contribution in [0.2, 0.25) is 0 Å². The summed E-state index contributed by atoms with van der Waals surface area (Å²) in [5.41, 5.74) is 1.21. The molecule has 0 aliphatic heterocycles. The van der Waals surface area contributed by atoms with Crippen LogP contribution >= 0.6 is 0 Å². The molecular formula is C16H24N2O3. The molecule has 1 aromatic rings. The molecule has 1 aromatic carbocycles. The number of hydrogen-bond acceptors (Lipinski definition) is 4. The second-order valence-corrected chi connectivity index (χ2v) is 5.31. The minimum Gasteiger partial charge on any atom is -0.497 e. The molecule has 1 unspecified atom stereocenters. The largest absolute Gasteiger partial charge is 0.497 e. The van der Waals surface area contributed by atoms with Crippen LogP contribution in [0.15, 0.2) is 24.3 Å². The number of ether oxygens (including phenoxy) is 2. The molecule has 0 bridgehead atoms. The number of carbonyl (C=O) groups is 1. The number of carbonyl (C=O) groups excluding carboxylic acids is 1. The van der Waals surface area contributed by atoms with E-state index in [9.17, 15) is 4.79 Å². The molecule has 5 heteroatoms. The SMILES string of the molecule is COCCNC(=O)CNC(c1ccc(OC)cc1)C1CC1. The van der Waals surface area contributed by atoms with Gasteiger partial charge in [0.2, 0.25) is 5.91 Å². The Bertz CT molecular complexity index is 443. The lowest BCUT2D eigenvalue weighted by Crippen LogP contribution is -2.37. The molecule has 21 heavy (non-hydrogen) atoms. The Hall–Kier alpha value is -1.59. The first-order valence-electron chi connectivity index (χ1n) is 7.37. The highest BCUT2D eigenvalue weighted by atomic mass is 16.5. The van der Waals surface area contributed by atoms with E-state index in [2.05, 4.69) is 22.8 Å². The summed E-state index contributed by atoms with van der Waals surface area (Å²) >= 11 is 0. The van der Waals surface area contributed by atoms with Crippen LogP contribution in [0.1, 0.15) is 24.4 Å². The predicted octanol–water partition coefficient (Wildman–Crippen LogP) is 1.50. The molecule has 1 atom stereocenters. The summed E-state index contributed by atoms with van der Waals surface area (Å²) in [4.78, 5) is 11.7. The molecule has 0 heterocycles. The first-order chi connectivity index (χ1) is 10.2. The van der Waals surface area contributed by atoms with Gasteiger partial charge in [-0.3, -0.25) is 4.79 Å². The van der Waals surface area contributed by atoms with E-state index < -0.39 is 0 Å². The van der Waals surface area contributed by atoms with Crippen LogP contribution in [0.5, 0.6) is 5.75 Å². The third-order valence-electron chi connectivity index (χ3n) is 3.68. The maximum absolute atomic E-state index is 11.7. The molecular weight excluding hydrogens is 268 g/mol. The Labute approximate surface area is 126 Å². The van der Waals surface area contributed by atoms with Gasteiger partial charge in [0.25, 0.3) is 0 Å². The smallest absolute Gasteiger partial charge is 0.234 e. The molecule has 1 saturated carbocycles. The van der Waals surface area contributed by atoms with E-state index in [4.69, 9.17) is 9.47 Å². The lowest BCUT2D eigenvalue weighted by Gasteiger charge is -2.19. The maximum Gasteiger partial charge on any atom is 0.234 e. The predicted molar refractivity (Wildman–Crippen MR) is 81.3 cm³/mol. The fraction of sp³-hybridized carbons (Fsp3) is 0.562. The monoisotopic (exact) mass is 292 g/mol. The van der Waals surface area contributed by atoms with Gasteiger partial charge in [-0.2, -0.15) is 0 Å². The van der Waals surface area contributed by atoms with Gasteiger partial charge in [-0.25, -0.2) is 0 Å². The van der Waals surface area contributed by atoms with Crippen molar-refractivity contribution < 1.29 is 14.3 Å². The minimum absolute atomic E-state index is 0.00575. The summed E-state index contributed by atoms with van der Waals surface area (Å²) in [6, 6.07) is 8.30. The zero-order chi connectivity index (χ0) is 15.1. The number of benzene rings is 1. The third-order valence-corrected chi connectivity index (χ3v) is 3.68. The quantitative estimate of drug-likeness (QED) is 0.677. The van der Waals surface area contributed by atoms with Gasteiger partial charge in [-0.1, -0.05) is 12.1 Å². The van der Waals surface area contributed by atoms with Gasteiger partial charge in [0.05, 0.1) is 20.3 Å². The molecule has 0 saturated heterocycles. The van der Waals surface area contributed by atoms with E-state index in [1.807, 2.05) is 12.1 Å². The van der Waals surface area contributed by atoms with Crippen molar-refractivity contribution in [3.05, 3.63) is 29.8 Å². The van der Waals surface area contributed by atoms with Gasteiger partial charge in [-0.05, 0) is 36.5 Å². The Kier molecular flexibility index (Phi) is 6.02. The Morgan fingerprint density at radius 2 is 2.00 bits per heavy atom. The third kappa shape index (κ3) is 5.02. The molecule has 2 N–H and O–H groups in total. The van der Waals surface area contributed by atoms with E-state index in [0.717, 1.165) is 5.75 Å². The summed E-state index contributed by atoms with van der Waals surface area (Å²) in [6.45, 7) is 1.42. The van der Waals surface area contributed by atoms with E-state index in [1.54, 1.807) is 14.2 Å². The molecule has 0 radical (unpaired) electrons. The summed E-state index contributed by atoms with van der Waals surface area (Å²) in [5, 5.41) is 6.19. The molecule has 1 amide bonds. The summed E-state index contributed by atoms with van der Waals surface area (Å²) < 4.78 is 10.1. The first kappa shape index (κ1) is 15.8. The first-order valence-corrected chi connectivity index (χ1v) is 7.37. The highest BCUT2D eigenvalue weighted by molar-refractivity contribution is 5.78. The van der Waals surface area contributed by atoms with Crippen LogP contribution in [0.25, 0.3) is 0 Å². The second kappa shape index (κ2) is 8.00. The van der Waals surface area contributed by atoms with Crippen molar-refractivity contribution >= 4 is 5.91 Å². The lowest BCUT2D eigenvalue weighted by atomic mass is 10.0. The van der Waals surface area contributed by atoms with E-state index in [-0.39, 0.29) is 11.9 Å². The highest BCUT2D eigenvalue weighted by Crippen LogP contribution is 2.41. The molecule has 1 fully saturated rings. The average molecular weight is 292 g/mol. The normalized spacial score (nSPS) is 15.5. The van der Waals surface area contributed by atoms with Crippen molar-refractivity contribution in [2.75, 3.05) is 33.9 Å².